The van der Waals surface area contributed by atoms with Gasteiger partial charge in [-0.2, -0.15) is 0 Å². The van der Waals surface area contributed by atoms with Crippen molar-refractivity contribution >= 4 is 28.8 Å². The van der Waals surface area contributed by atoms with Crippen molar-refractivity contribution in [2.75, 3.05) is 0 Å². The van der Waals surface area contributed by atoms with Crippen LogP contribution in [0.5, 0.6) is 5.75 Å². The fraction of sp³-hybridized carbons (Fsp3) is 0.343. The van der Waals surface area contributed by atoms with Crippen LogP contribution in [0.3, 0.4) is 0 Å². The Kier molecular flexibility index (Phi) is 10.7. The first-order valence-corrected chi connectivity index (χ1v) is 14.8. The smallest absolute Gasteiger partial charge is 0.329 e. The molecule has 0 radical (unpaired) electrons. The van der Waals surface area contributed by atoms with Crippen molar-refractivity contribution in [2.45, 2.75) is 71.8 Å². The minimum Gasteiger partial charge on any atom is -0.489 e. The van der Waals surface area contributed by atoms with Gasteiger partial charge in [0.2, 0.25) is 5.91 Å². The fourth-order valence-corrected chi connectivity index (χ4v) is 4.54. The van der Waals surface area contributed by atoms with Crippen molar-refractivity contribution in [1.82, 2.24) is 20.6 Å². The zero-order valence-electron chi connectivity index (χ0n) is 25.9. The molecule has 2 amide bonds. The summed E-state index contributed by atoms with van der Waals surface area (Å²) >= 11 is 0. The van der Waals surface area contributed by atoms with Crippen molar-refractivity contribution < 1.29 is 23.9 Å². The Bertz CT molecular complexity index is 1570. The molecule has 0 aliphatic rings. The van der Waals surface area contributed by atoms with Gasteiger partial charge in [-0.1, -0.05) is 68.4 Å². The van der Waals surface area contributed by atoms with E-state index in [2.05, 4.69) is 20.6 Å². The van der Waals surface area contributed by atoms with Crippen LogP contribution in [0, 0.1) is 5.92 Å². The summed E-state index contributed by atoms with van der Waals surface area (Å²) in [6, 6.07) is 22.6. The van der Waals surface area contributed by atoms with Gasteiger partial charge < -0.3 is 20.1 Å². The van der Waals surface area contributed by atoms with E-state index < -0.39 is 35.5 Å². The highest BCUT2D eigenvalue weighted by molar-refractivity contribution is 5.97. The molecule has 4 rings (SSSR count). The second kappa shape index (κ2) is 14.6. The first kappa shape index (κ1) is 32.1. The molecule has 0 saturated heterocycles. The topological polar surface area (TPSA) is 120 Å². The second-order valence-corrected chi connectivity index (χ2v) is 12.1. The predicted molar refractivity (Wildman–Crippen MR) is 169 cm³/mol. The molecule has 0 aliphatic carbocycles. The molecule has 9 nitrogen and oxygen atoms in total. The lowest BCUT2D eigenvalue weighted by Crippen LogP contribution is -2.53. The fourth-order valence-electron chi connectivity index (χ4n) is 4.54. The molecule has 0 fully saturated rings. The third-order valence-corrected chi connectivity index (χ3v) is 6.63. The SMILES string of the molecule is CC(C)CC(NC(=O)c1cnc2ccccc2n1)C(=O)NC(Cc1ccc(OCc2ccccc2)cc1)C(=O)OC(C)(C)C. The number of aromatic nitrogens is 2. The van der Waals surface area contributed by atoms with E-state index in [-0.39, 0.29) is 18.0 Å². The summed E-state index contributed by atoms with van der Waals surface area (Å²) in [5, 5.41) is 5.64. The number of fused-ring (bicyclic) bond motifs is 1. The maximum absolute atomic E-state index is 13.6. The zero-order chi connectivity index (χ0) is 31.7. The van der Waals surface area contributed by atoms with Crippen LogP contribution in [0.15, 0.2) is 85.1 Å². The number of hydrogen-bond acceptors (Lipinski definition) is 7. The summed E-state index contributed by atoms with van der Waals surface area (Å²) in [5.74, 6) is -0.808. The van der Waals surface area contributed by atoms with Gasteiger partial charge in [0.25, 0.3) is 5.91 Å². The van der Waals surface area contributed by atoms with E-state index in [1.165, 1.54) is 6.20 Å². The summed E-state index contributed by atoms with van der Waals surface area (Å²) in [6.07, 6.45) is 1.93. The lowest BCUT2D eigenvalue weighted by molar-refractivity contribution is -0.158. The van der Waals surface area contributed by atoms with Crippen LogP contribution >= 0.6 is 0 Å². The Labute approximate surface area is 258 Å². The van der Waals surface area contributed by atoms with Crippen molar-refractivity contribution in [3.05, 3.63) is 102 Å². The van der Waals surface area contributed by atoms with Crippen LogP contribution < -0.4 is 15.4 Å². The number of benzene rings is 3. The number of carbonyl (C=O) groups is 3. The summed E-state index contributed by atoms with van der Waals surface area (Å²) in [5.41, 5.74) is 2.45. The lowest BCUT2D eigenvalue weighted by atomic mass is 10.0. The number of carbonyl (C=O) groups excluding carboxylic acids is 3. The Hall–Kier alpha value is -4.79. The third kappa shape index (κ3) is 9.62. The molecule has 2 atom stereocenters. The van der Waals surface area contributed by atoms with Crippen LogP contribution in [0.25, 0.3) is 11.0 Å². The lowest BCUT2D eigenvalue weighted by Gasteiger charge is -2.27. The number of esters is 1. The minimum absolute atomic E-state index is 0.0807. The molecule has 1 aromatic heterocycles. The van der Waals surface area contributed by atoms with Gasteiger partial charge in [-0.25, -0.2) is 9.78 Å². The zero-order valence-corrected chi connectivity index (χ0v) is 25.9. The van der Waals surface area contributed by atoms with E-state index in [1.54, 1.807) is 32.9 Å². The number of rotatable bonds is 12. The van der Waals surface area contributed by atoms with Crippen LogP contribution in [0.2, 0.25) is 0 Å². The van der Waals surface area contributed by atoms with E-state index in [0.717, 1.165) is 11.1 Å². The van der Waals surface area contributed by atoms with E-state index in [0.29, 0.717) is 29.8 Å². The summed E-state index contributed by atoms with van der Waals surface area (Å²) < 4.78 is 11.5. The largest absolute Gasteiger partial charge is 0.489 e. The highest BCUT2D eigenvalue weighted by atomic mass is 16.6. The molecule has 230 valence electrons. The molecule has 44 heavy (non-hydrogen) atoms. The van der Waals surface area contributed by atoms with E-state index in [9.17, 15) is 14.4 Å². The van der Waals surface area contributed by atoms with E-state index in [4.69, 9.17) is 9.47 Å². The van der Waals surface area contributed by atoms with Crippen LogP contribution in [-0.4, -0.2) is 45.4 Å². The predicted octanol–water partition coefficient (Wildman–Crippen LogP) is 5.42. The van der Waals surface area contributed by atoms with Crippen molar-refractivity contribution in [3.63, 3.8) is 0 Å². The minimum atomic E-state index is -0.982. The van der Waals surface area contributed by atoms with Crippen LogP contribution in [-0.2, 0) is 27.4 Å². The van der Waals surface area contributed by atoms with Gasteiger partial charge in [0.15, 0.2) is 0 Å². The maximum atomic E-state index is 13.6. The number of amides is 2. The standard InChI is InChI=1S/C35H40N4O5/c1-23(2)19-29(38-33(41)31-21-36-27-13-9-10-14-28(27)37-31)32(40)39-30(34(42)44-35(3,4)5)20-24-15-17-26(18-16-24)43-22-25-11-7-6-8-12-25/h6-18,21,23,29-30H,19-20,22H2,1-5H3,(H,38,41)(H,39,40). The number of nitrogens with zero attached hydrogens (tertiary/aromatic N) is 2. The van der Waals surface area contributed by atoms with Gasteiger partial charge in [0.05, 0.1) is 17.2 Å². The maximum Gasteiger partial charge on any atom is 0.329 e. The molecule has 3 aromatic carbocycles. The molecular formula is C35H40N4O5. The van der Waals surface area contributed by atoms with Crippen molar-refractivity contribution in [3.8, 4) is 5.75 Å². The summed E-state index contributed by atoms with van der Waals surface area (Å²) in [7, 11) is 0. The molecule has 9 heteroatoms. The molecule has 1 heterocycles. The molecule has 0 aliphatic heterocycles. The number of para-hydroxylation sites is 2. The highest BCUT2D eigenvalue weighted by Gasteiger charge is 2.31. The van der Waals surface area contributed by atoms with E-state index >= 15 is 0 Å². The summed E-state index contributed by atoms with van der Waals surface area (Å²) in [6.45, 7) is 9.66. The van der Waals surface area contributed by atoms with Gasteiger partial charge in [-0.05, 0) is 68.5 Å². The monoisotopic (exact) mass is 596 g/mol. The normalized spacial score (nSPS) is 12.8. The highest BCUT2D eigenvalue weighted by Crippen LogP contribution is 2.18. The second-order valence-electron chi connectivity index (χ2n) is 12.1. The Morgan fingerprint density at radius 2 is 1.45 bits per heavy atom. The average molecular weight is 597 g/mol. The molecular weight excluding hydrogens is 556 g/mol. The molecule has 2 unspecified atom stereocenters. The third-order valence-electron chi connectivity index (χ3n) is 6.63. The first-order valence-electron chi connectivity index (χ1n) is 14.8. The number of hydrogen-bond donors (Lipinski definition) is 2. The first-order chi connectivity index (χ1) is 21.0. The van der Waals surface area contributed by atoms with Gasteiger partial charge in [-0.15, -0.1) is 0 Å². The Morgan fingerprint density at radius 3 is 2.11 bits per heavy atom. The Balaban J connectivity index is 1.47. The van der Waals surface area contributed by atoms with Crippen molar-refractivity contribution in [1.29, 1.82) is 0 Å². The quantitative estimate of drug-likeness (QED) is 0.210. The number of ether oxygens (including phenoxy) is 2. The van der Waals surface area contributed by atoms with Gasteiger partial charge in [0, 0.05) is 6.42 Å². The number of nitrogens with one attached hydrogen (secondary N) is 2. The molecule has 0 spiro atoms. The average Bonchev–Trinajstić information content (AvgIpc) is 2.99. The van der Waals surface area contributed by atoms with Gasteiger partial charge >= 0.3 is 5.97 Å². The van der Waals surface area contributed by atoms with Crippen LogP contribution in [0.4, 0.5) is 0 Å². The molecule has 2 N–H and O–H groups in total. The Morgan fingerprint density at radius 1 is 0.795 bits per heavy atom. The van der Waals surface area contributed by atoms with Crippen molar-refractivity contribution in [2.24, 2.45) is 5.92 Å². The van der Waals surface area contributed by atoms with Crippen LogP contribution in [0.1, 0.15) is 62.7 Å². The van der Waals surface area contributed by atoms with E-state index in [1.807, 2.05) is 80.6 Å². The molecule has 0 saturated carbocycles. The summed E-state index contributed by atoms with van der Waals surface area (Å²) in [4.78, 5) is 48.8. The molecule has 4 aromatic rings. The van der Waals surface area contributed by atoms with Gasteiger partial charge in [-0.3, -0.25) is 14.6 Å². The van der Waals surface area contributed by atoms with Gasteiger partial charge in [0.1, 0.15) is 35.7 Å². The molecule has 0 bridgehead atoms.